The quantitative estimate of drug-likeness (QED) is 0.916. The van der Waals surface area contributed by atoms with Gasteiger partial charge >= 0.3 is 0 Å². The standard InChI is InChI=1S/C15H23NO2S/c1-2-13(14-4-3-11-19-14)16-12-5-7-15(8-6-12)17-9-10-18-15/h3-4,11-13,16H,2,5-10H2,1H3. The van der Waals surface area contributed by atoms with Crippen molar-refractivity contribution in [3.8, 4) is 0 Å². The topological polar surface area (TPSA) is 30.5 Å². The van der Waals surface area contributed by atoms with Crippen LogP contribution in [0, 0.1) is 0 Å². The van der Waals surface area contributed by atoms with Gasteiger partial charge in [-0.25, -0.2) is 0 Å². The van der Waals surface area contributed by atoms with Gasteiger partial charge in [0.2, 0.25) is 0 Å². The Bertz CT molecular complexity index is 377. The van der Waals surface area contributed by atoms with Crippen molar-refractivity contribution in [3.05, 3.63) is 22.4 Å². The Morgan fingerprint density at radius 1 is 1.37 bits per heavy atom. The van der Waals surface area contributed by atoms with E-state index in [4.69, 9.17) is 9.47 Å². The van der Waals surface area contributed by atoms with Gasteiger partial charge in [0.1, 0.15) is 0 Å². The molecule has 1 spiro atoms. The van der Waals surface area contributed by atoms with Gasteiger partial charge in [0.05, 0.1) is 13.2 Å². The molecule has 1 aromatic rings. The number of rotatable bonds is 4. The average Bonchev–Trinajstić information content (AvgIpc) is 3.10. The summed E-state index contributed by atoms with van der Waals surface area (Å²) >= 11 is 1.85. The monoisotopic (exact) mass is 281 g/mol. The second kappa shape index (κ2) is 5.92. The van der Waals surface area contributed by atoms with Crippen LogP contribution in [0.4, 0.5) is 0 Å². The molecule has 0 amide bonds. The van der Waals surface area contributed by atoms with E-state index in [1.165, 1.54) is 4.88 Å². The fraction of sp³-hybridized carbons (Fsp3) is 0.733. The third-order valence-electron chi connectivity index (χ3n) is 4.29. The molecule has 1 unspecified atom stereocenters. The van der Waals surface area contributed by atoms with Crippen LogP contribution in [0.15, 0.2) is 17.5 Å². The highest BCUT2D eigenvalue weighted by Crippen LogP contribution is 2.36. The summed E-state index contributed by atoms with van der Waals surface area (Å²) in [6.07, 6.45) is 5.52. The first-order chi connectivity index (χ1) is 9.31. The molecular weight excluding hydrogens is 258 g/mol. The van der Waals surface area contributed by atoms with E-state index in [1.54, 1.807) is 0 Å². The molecule has 1 saturated heterocycles. The van der Waals surface area contributed by atoms with Gasteiger partial charge in [-0.3, -0.25) is 0 Å². The molecule has 0 radical (unpaired) electrons. The first kappa shape index (κ1) is 13.6. The molecule has 1 aliphatic heterocycles. The van der Waals surface area contributed by atoms with E-state index in [9.17, 15) is 0 Å². The van der Waals surface area contributed by atoms with Gasteiger partial charge in [-0.15, -0.1) is 11.3 Å². The molecule has 1 atom stereocenters. The zero-order valence-electron chi connectivity index (χ0n) is 11.6. The van der Waals surface area contributed by atoms with Gasteiger partial charge in [-0.05, 0) is 30.7 Å². The summed E-state index contributed by atoms with van der Waals surface area (Å²) in [6.45, 7) is 3.79. The maximum absolute atomic E-state index is 5.79. The Hall–Kier alpha value is -0.420. The van der Waals surface area contributed by atoms with Crippen molar-refractivity contribution >= 4 is 11.3 Å². The van der Waals surface area contributed by atoms with E-state index < -0.39 is 0 Å². The average molecular weight is 281 g/mol. The van der Waals surface area contributed by atoms with Gasteiger partial charge in [-0.2, -0.15) is 0 Å². The molecule has 3 rings (SSSR count). The lowest BCUT2D eigenvalue weighted by Gasteiger charge is -2.37. The van der Waals surface area contributed by atoms with Crippen LogP contribution < -0.4 is 5.32 Å². The number of hydrogen-bond acceptors (Lipinski definition) is 4. The summed E-state index contributed by atoms with van der Waals surface area (Å²) < 4.78 is 11.6. The van der Waals surface area contributed by atoms with Crippen molar-refractivity contribution in [2.24, 2.45) is 0 Å². The van der Waals surface area contributed by atoms with E-state index in [2.05, 4.69) is 29.8 Å². The van der Waals surface area contributed by atoms with Crippen LogP contribution in [0.25, 0.3) is 0 Å². The van der Waals surface area contributed by atoms with Crippen molar-refractivity contribution in [2.75, 3.05) is 13.2 Å². The minimum absolute atomic E-state index is 0.233. The predicted octanol–water partition coefficient (Wildman–Crippen LogP) is 3.47. The number of ether oxygens (including phenoxy) is 2. The van der Waals surface area contributed by atoms with Crippen LogP contribution in [-0.2, 0) is 9.47 Å². The normalized spacial score (nSPS) is 24.9. The fourth-order valence-electron chi connectivity index (χ4n) is 3.19. The Morgan fingerprint density at radius 3 is 2.68 bits per heavy atom. The summed E-state index contributed by atoms with van der Waals surface area (Å²) in [5.74, 6) is -0.233. The van der Waals surface area contributed by atoms with Crippen LogP contribution in [0.2, 0.25) is 0 Å². The van der Waals surface area contributed by atoms with E-state index in [0.717, 1.165) is 45.3 Å². The minimum atomic E-state index is -0.233. The third kappa shape index (κ3) is 3.02. The first-order valence-corrected chi connectivity index (χ1v) is 8.27. The lowest BCUT2D eigenvalue weighted by Crippen LogP contribution is -2.43. The van der Waals surface area contributed by atoms with Crippen LogP contribution in [0.5, 0.6) is 0 Å². The lowest BCUT2D eigenvalue weighted by molar-refractivity contribution is -0.179. The molecular formula is C15H23NO2S. The lowest BCUT2D eigenvalue weighted by atomic mass is 9.89. The highest BCUT2D eigenvalue weighted by Gasteiger charge is 2.40. The summed E-state index contributed by atoms with van der Waals surface area (Å²) in [6, 6.07) is 5.48. The second-order valence-electron chi connectivity index (χ2n) is 5.52. The van der Waals surface area contributed by atoms with E-state index in [1.807, 2.05) is 11.3 Å². The first-order valence-electron chi connectivity index (χ1n) is 7.39. The van der Waals surface area contributed by atoms with Gasteiger partial charge in [0.25, 0.3) is 0 Å². The highest BCUT2D eigenvalue weighted by atomic mass is 32.1. The van der Waals surface area contributed by atoms with Crippen molar-refractivity contribution < 1.29 is 9.47 Å². The van der Waals surface area contributed by atoms with Gasteiger partial charge in [0.15, 0.2) is 5.79 Å². The fourth-order valence-corrected chi connectivity index (χ4v) is 4.06. The summed E-state index contributed by atoms with van der Waals surface area (Å²) in [7, 11) is 0. The second-order valence-corrected chi connectivity index (χ2v) is 6.50. The Kier molecular flexibility index (Phi) is 4.22. The summed E-state index contributed by atoms with van der Waals surface area (Å²) in [4.78, 5) is 1.45. The van der Waals surface area contributed by atoms with Crippen LogP contribution in [0.3, 0.4) is 0 Å². The molecule has 106 valence electrons. The number of hydrogen-bond donors (Lipinski definition) is 1. The Labute approximate surface area is 119 Å². The Balaban J connectivity index is 1.54. The molecule has 0 aromatic carbocycles. The molecule has 1 N–H and O–H groups in total. The number of nitrogens with one attached hydrogen (secondary N) is 1. The van der Waals surface area contributed by atoms with E-state index in [-0.39, 0.29) is 5.79 Å². The smallest absolute Gasteiger partial charge is 0.168 e. The van der Waals surface area contributed by atoms with Crippen molar-refractivity contribution in [3.63, 3.8) is 0 Å². The SMILES string of the molecule is CCC(NC1CCC2(CC1)OCCO2)c1cccs1. The molecule has 0 bridgehead atoms. The largest absolute Gasteiger partial charge is 0.348 e. The van der Waals surface area contributed by atoms with Crippen LogP contribution >= 0.6 is 11.3 Å². The maximum Gasteiger partial charge on any atom is 0.168 e. The van der Waals surface area contributed by atoms with Gasteiger partial charge in [0, 0.05) is 29.8 Å². The molecule has 2 fully saturated rings. The van der Waals surface area contributed by atoms with Crippen LogP contribution in [0.1, 0.15) is 49.9 Å². The molecule has 1 saturated carbocycles. The molecule has 2 heterocycles. The zero-order valence-corrected chi connectivity index (χ0v) is 12.4. The van der Waals surface area contributed by atoms with Gasteiger partial charge < -0.3 is 14.8 Å². The molecule has 4 heteroatoms. The number of thiophene rings is 1. The molecule has 1 aliphatic carbocycles. The highest BCUT2D eigenvalue weighted by molar-refractivity contribution is 7.10. The maximum atomic E-state index is 5.79. The van der Waals surface area contributed by atoms with E-state index in [0.29, 0.717) is 12.1 Å². The van der Waals surface area contributed by atoms with E-state index >= 15 is 0 Å². The summed E-state index contributed by atoms with van der Waals surface area (Å²) in [5, 5.41) is 5.98. The van der Waals surface area contributed by atoms with Crippen LogP contribution in [-0.4, -0.2) is 25.0 Å². The summed E-state index contributed by atoms with van der Waals surface area (Å²) in [5.41, 5.74) is 0. The van der Waals surface area contributed by atoms with Crippen molar-refractivity contribution in [2.45, 2.75) is 56.9 Å². The third-order valence-corrected chi connectivity index (χ3v) is 5.28. The predicted molar refractivity (Wildman–Crippen MR) is 77.4 cm³/mol. The minimum Gasteiger partial charge on any atom is -0.348 e. The van der Waals surface area contributed by atoms with Crippen molar-refractivity contribution in [1.82, 2.24) is 5.32 Å². The Morgan fingerprint density at radius 2 is 2.11 bits per heavy atom. The van der Waals surface area contributed by atoms with Gasteiger partial charge in [-0.1, -0.05) is 13.0 Å². The van der Waals surface area contributed by atoms with Crippen molar-refractivity contribution in [1.29, 1.82) is 0 Å². The zero-order chi connectivity index (χ0) is 13.1. The molecule has 3 nitrogen and oxygen atoms in total. The molecule has 2 aliphatic rings. The molecule has 19 heavy (non-hydrogen) atoms. The molecule has 1 aromatic heterocycles.